The van der Waals surface area contributed by atoms with Gasteiger partial charge in [0.2, 0.25) is 0 Å². The molecular weight excluding hydrogens is 263 g/mol. The van der Waals surface area contributed by atoms with Crippen LogP contribution in [-0.4, -0.2) is 7.05 Å². The van der Waals surface area contributed by atoms with Crippen LogP contribution in [-0.2, 0) is 6.42 Å². The van der Waals surface area contributed by atoms with E-state index in [4.69, 9.17) is 0 Å². The molecule has 1 atom stereocenters. The van der Waals surface area contributed by atoms with Gasteiger partial charge < -0.3 is 5.32 Å². The van der Waals surface area contributed by atoms with E-state index in [1.807, 2.05) is 13.0 Å². The molecule has 2 aromatic carbocycles. The van der Waals surface area contributed by atoms with E-state index in [1.165, 1.54) is 12.1 Å². The first kappa shape index (κ1) is 14.6. The number of aryl methyl sites for hydroxylation is 1. The summed E-state index contributed by atoms with van der Waals surface area (Å²) in [7, 11) is 1.71. The van der Waals surface area contributed by atoms with E-state index >= 15 is 0 Å². The molecule has 0 heterocycles. The van der Waals surface area contributed by atoms with Crippen LogP contribution in [0, 0.1) is 24.4 Å². The van der Waals surface area contributed by atoms with E-state index in [2.05, 4.69) is 5.32 Å². The van der Waals surface area contributed by atoms with Crippen molar-refractivity contribution in [2.45, 2.75) is 19.4 Å². The summed E-state index contributed by atoms with van der Waals surface area (Å²) in [6.45, 7) is 1.82. The van der Waals surface area contributed by atoms with Crippen LogP contribution in [0.3, 0.4) is 0 Å². The standard InChI is InChI=1S/C16H16F3N/c1-10-3-5-12(14(18)7-10)16(20-2)9-11-4-6-13(17)15(19)8-11/h3-8,16,20H,9H2,1-2H3. The Hall–Kier alpha value is -1.81. The van der Waals surface area contributed by atoms with Crippen molar-refractivity contribution in [2.75, 3.05) is 7.05 Å². The second-order valence-electron chi connectivity index (χ2n) is 4.82. The molecule has 0 saturated carbocycles. The molecule has 4 heteroatoms. The molecule has 0 fully saturated rings. The van der Waals surface area contributed by atoms with Gasteiger partial charge in [-0.05, 0) is 49.7 Å². The Morgan fingerprint density at radius 1 is 0.950 bits per heavy atom. The third-order valence-corrected chi connectivity index (χ3v) is 3.30. The van der Waals surface area contributed by atoms with Crippen LogP contribution in [0.1, 0.15) is 22.7 Å². The lowest BCUT2D eigenvalue weighted by atomic mass is 9.97. The first-order valence-electron chi connectivity index (χ1n) is 6.38. The molecule has 20 heavy (non-hydrogen) atoms. The van der Waals surface area contributed by atoms with Crippen molar-refractivity contribution >= 4 is 0 Å². The topological polar surface area (TPSA) is 12.0 Å². The largest absolute Gasteiger partial charge is 0.313 e. The molecule has 0 saturated heterocycles. The maximum absolute atomic E-state index is 14.0. The van der Waals surface area contributed by atoms with Crippen molar-refractivity contribution < 1.29 is 13.2 Å². The Balaban J connectivity index is 2.26. The summed E-state index contributed by atoms with van der Waals surface area (Å²) in [6.07, 6.45) is 0.383. The summed E-state index contributed by atoms with van der Waals surface area (Å²) in [6, 6.07) is 8.45. The lowest BCUT2D eigenvalue weighted by molar-refractivity contribution is 0.502. The van der Waals surface area contributed by atoms with E-state index in [-0.39, 0.29) is 11.9 Å². The summed E-state index contributed by atoms with van der Waals surface area (Å²) in [4.78, 5) is 0. The fourth-order valence-electron chi connectivity index (χ4n) is 2.18. The number of hydrogen-bond acceptors (Lipinski definition) is 1. The fourth-order valence-corrected chi connectivity index (χ4v) is 2.18. The summed E-state index contributed by atoms with van der Waals surface area (Å²) in [5, 5.41) is 3.01. The Morgan fingerprint density at radius 2 is 1.70 bits per heavy atom. The summed E-state index contributed by atoms with van der Waals surface area (Å²) in [5.41, 5.74) is 1.97. The highest BCUT2D eigenvalue weighted by molar-refractivity contribution is 5.28. The molecule has 0 aliphatic rings. The molecule has 0 bridgehead atoms. The monoisotopic (exact) mass is 279 g/mol. The van der Waals surface area contributed by atoms with Crippen molar-refractivity contribution in [1.29, 1.82) is 0 Å². The SMILES string of the molecule is CNC(Cc1ccc(F)c(F)c1)c1ccc(C)cc1F. The maximum Gasteiger partial charge on any atom is 0.159 e. The fraction of sp³-hybridized carbons (Fsp3) is 0.250. The minimum Gasteiger partial charge on any atom is -0.313 e. The highest BCUT2D eigenvalue weighted by atomic mass is 19.2. The average molecular weight is 279 g/mol. The number of likely N-dealkylation sites (N-methyl/N-ethyl adjacent to an activating group) is 1. The van der Waals surface area contributed by atoms with Gasteiger partial charge in [0.15, 0.2) is 11.6 Å². The van der Waals surface area contributed by atoms with Gasteiger partial charge in [-0.15, -0.1) is 0 Å². The Labute approximate surface area is 116 Å². The Kier molecular flexibility index (Phi) is 4.45. The lowest BCUT2D eigenvalue weighted by Crippen LogP contribution is -2.20. The Bertz CT molecular complexity index is 611. The van der Waals surface area contributed by atoms with Gasteiger partial charge in [-0.2, -0.15) is 0 Å². The third kappa shape index (κ3) is 3.20. The summed E-state index contributed by atoms with van der Waals surface area (Å²) in [5.74, 6) is -2.06. The van der Waals surface area contributed by atoms with Crippen LogP contribution >= 0.6 is 0 Å². The van der Waals surface area contributed by atoms with Gasteiger partial charge in [-0.25, -0.2) is 13.2 Å². The zero-order chi connectivity index (χ0) is 14.7. The first-order valence-corrected chi connectivity index (χ1v) is 6.38. The van der Waals surface area contributed by atoms with Gasteiger partial charge in [-0.1, -0.05) is 18.2 Å². The quantitative estimate of drug-likeness (QED) is 0.894. The predicted molar refractivity (Wildman–Crippen MR) is 73.0 cm³/mol. The molecule has 1 nitrogen and oxygen atoms in total. The lowest BCUT2D eigenvalue weighted by Gasteiger charge is -2.18. The van der Waals surface area contributed by atoms with Gasteiger partial charge in [0, 0.05) is 11.6 Å². The second kappa shape index (κ2) is 6.09. The van der Waals surface area contributed by atoms with E-state index in [1.54, 1.807) is 13.1 Å². The minimum atomic E-state index is -0.887. The zero-order valence-electron chi connectivity index (χ0n) is 11.4. The third-order valence-electron chi connectivity index (χ3n) is 3.30. The minimum absolute atomic E-state index is 0.291. The van der Waals surface area contributed by atoms with Gasteiger partial charge in [0.05, 0.1) is 0 Å². The van der Waals surface area contributed by atoms with Crippen molar-refractivity contribution in [3.63, 3.8) is 0 Å². The number of halogens is 3. The molecule has 2 rings (SSSR count). The first-order chi connectivity index (χ1) is 9.51. The van der Waals surface area contributed by atoms with E-state index in [9.17, 15) is 13.2 Å². The molecule has 106 valence electrons. The molecule has 0 aliphatic heterocycles. The molecule has 0 aliphatic carbocycles. The maximum atomic E-state index is 14.0. The number of hydrogen-bond donors (Lipinski definition) is 1. The average Bonchev–Trinajstić information content (AvgIpc) is 2.41. The number of nitrogens with one attached hydrogen (secondary N) is 1. The Morgan fingerprint density at radius 3 is 2.30 bits per heavy atom. The molecule has 1 N–H and O–H groups in total. The van der Waals surface area contributed by atoms with Crippen molar-refractivity contribution in [2.24, 2.45) is 0 Å². The van der Waals surface area contributed by atoms with Gasteiger partial charge in [0.1, 0.15) is 5.82 Å². The normalized spacial score (nSPS) is 12.4. The van der Waals surface area contributed by atoms with E-state index in [0.29, 0.717) is 17.5 Å². The van der Waals surface area contributed by atoms with Gasteiger partial charge in [-0.3, -0.25) is 0 Å². The molecule has 2 aromatic rings. The second-order valence-corrected chi connectivity index (χ2v) is 4.82. The van der Waals surface area contributed by atoms with Crippen molar-refractivity contribution in [3.05, 3.63) is 70.5 Å². The van der Waals surface area contributed by atoms with Gasteiger partial charge >= 0.3 is 0 Å². The van der Waals surface area contributed by atoms with Gasteiger partial charge in [0.25, 0.3) is 0 Å². The molecular formula is C16H16F3N. The highest BCUT2D eigenvalue weighted by Crippen LogP contribution is 2.22. The van der Waals surface area contributed by atoms with Crippen LogP contribution in [0.5, 0.6) is 0 Å². The van der Waals surface area contributed by atoms with Crippen LogP contribution in [0.2, 0.25) is 0 Å². The molecule has 0 spiro atoms. The highest BCUT2D eigenvalue weighted by Gasteiger charge is 2.15. The summed E-state index contributed by atoms with van der Waals surface area (Å²) < 4.78 is 40.1. The number of benzene rings is 2. The molecule has 0 radical (unpaired) electrons. The van der Waals surface area contributed by atoms with Crippen LogP contribution in [0.25, 0.3) is 0 Å². The van der Waals surface area contributed by atoms with Crippen LogP contribution < -0.4 is 5.32 Å². The van der Waals surface area contributed by atoms with Crippen LogP contribution in [0.15, 0.2) is 36.4 Å². The van der Waals surface area contributed by atoms with Crippen molar-refractivity contribution in [1.82, 2.24) is 5.32 Å². The van der Waals surface area contributed by atoms with E-state index in [0.717, 1.165) is 17.7 Å². The molecule has 0 aromatic heterocycles. The van der Waals surface area contributed by atoms with Crippen molar-refractivity contribution in [3.8, 4) is 0 Å². The van der Waals surface area contributed by atoms with Crippen LogP contribution in [0.4, 0.5) is 13.2 Å². The summed E-state index contributed by atoms with van der Waals surface area (Å²) >= 11 is 0. The van der Waals surface area contributed by atoms with E-state index < -0.39 is 11.6 Å². The smallest absolute Gasteiger partial charge is 0.159 e. The molecule has 1 unspecified atom stereocenters. The molecule has 0 amide bonds. The predicted octanol–water partition coefficient (Wildman–Crippen LogP) is 3.92. The zero-order valence-corrected chi connectivity index (χ0v) is 11.4. The number of rotatable bonds is 4.